The Morgan fingerprint density at radius 3 is 2.53 bits per heavy atom. The molecule has 154 valence electrons. The third kappa shape index (κ3) is 3.81. The lowest BCUT2D eigenvalue weighted by Gasteiger charge is -2.29. The molecule has 0 bridgehead atoms. The average Bonchev–Trinajstić information content (AvgIpc) is 2.72. The van der Waals surface area contributed by atoms with E-state index in [1.165, 1.54) is 12.1 Å². The second-order valence-electron chi connectivity index (χ2n) is 7.11. The van der Waals surface area contributed by atoms with Crippen LogP contribution in [0, 0.1) is 12.7 Å². The van der Waals surface area contributed by atoms with Crippen LogP contribution < -0.4 is 15.1 Å². The Bertz CT molecular complexity index is 1060. The van der Waals surface area contributed by atoms with E-state index in [4.69, 9.17) is 4.74 Å². The van der Waals surface area contributed by atoms with Crippen LogP contribution in [0.5, 0.6) is 0 Å². The van der Waals surface area contributed by atoms with Crippen LogP contribution in [0.3, 0.4) is 0 Å². The van der Waals surface area contributed by atoms with Crippen molar-refractivity contribution in [2.24, 2.45) is 0 Å². The topological polar surface area (TPSA) is 79.0 Å². The van der Waals surface area contributed by atoms with Gasteiger partial charge in [0.15, 0.2) is 0 Å². The Kier molecular flexibility index (Phi) is 5.33. The Balaban J connectivity index is 1.65. The number of nitrogens with one attached hydrogen (secondary N) is 1. The Morgan fingerprint density at radius 1 is 1.07 bits per heavy atom. The molecular formula is C22H20FN3O4. The van der Waals surface area contributed by atoms with Gasteiger partial charge in [0.05, 0.1) is 24.6 Å². The van der Waals surface area contributed by atoms with Gasteiger partial charge in [-0.1, -0.05) is 18.2 Å². The summed E-state index contributed by atoms with van der Waals surface area (Å²) in [6, 6.07) is 10.5. The summed E-state index contributed by atoms with van der Waals surface area (Å²) in [6.07, 6.45) is 1.29. The van der Waals surface area contributed by atoms with E-state index in [1.54, 1.807) is 30.3 Å². The van der Waals surface area contributed by atoms with Gasteiger partial charge in [0, 0.05) is 13.1 Å². The zero-order valence-corrected chi connectivity index (χ0v) is 16.4. The van der Waals surface area contributed by atoms with Crippen LogP contribution in [0.4, 0.5) is 20.6 Å². The zero-order valence-electron chi connectivity index (χ0n) is 16.4. The maximum absolute atomic E-state index is 14.7. The number of hydrogen-bond donors (Lipinski definition) is 1. The van der Waals surface area contributed by atoms with Gasteiger partial charge in [-0.2, -0.15) is 0 Å². The summed E-state index contributed by atoms with van der Waals surface area (Å²) in [5.41, 5.74) is 1.76. The maximum atomic E-state index is 14.7. The van der Waals surface area contributed by atoms with Crippen molar-refractivity contribution in [1.29, 1.82) is 0 Å². The predicted molar refractivity (Wildman–Crippen MR) is 110 cm³/mol. The highest BCUT2D eigenvalue weighted by atomic mass is 19.1. The molecule has 8 heteroatoms. The van der Waals surface area contributed by atoms with E-state index in [9.17, 15) is 18.8 Å². The van der Waals surface area contributed by atoms with Gasteiger partial charge in [-0.3, -0.25) is 14.9 Å². The highest BCUT2D eigenvalue weighted by Gasteiger charge is 2.36. The molecule has 1 N–H and O–H groups in total. The lowest BCUT2D eigenvalue weighted by Crippen LogP contribution is -2.54. The Morgan fingerprint density at radius 2 is 1.83 bits per heavy atom. The van der Waals surface area contributed by atoms with Gasteiger partial charge >= 0.3 is 6.03 Å². The number of carbonyl (C=O) groups excluding carboxylic acids is 3. The number of carbonyl (C=O) groups is 3. The van der Waals surface area contributed by atoms with Gasteiger partial charge in [-0.25, -0.2) is 14.1 Å². The van der Waals surface area contributed by atoms with Gasteiger partial charge < -0.3 is 9.64 Å². The van der Waals surface area contributed by atoms with E-state index in [-0.39, 0.29) is 5.57 Å². The molecule has 4 rings (SSSR count). The quantitative estimate of drug-likeness (QED) is 0.623. The number of ether oxygens (including phenoxy) is 1. The number of amides is 4. The fourth-order valence-corrected chi connectivity index (χ4v) is 3.50. The monoisotopic (exact) mass is 409 g/mol. The van der Waals surface area contributed by atoms with Crippen LogP contribution in [0.25, 0.3) is 6.08 Å². The molecule has 2 heterocycles. The third-order valence-electron chi connectivity index (χ3n) is 5.00. The highest BCUT2D eigenvalue weighted by molar-refractivity contribution is 6.39. The number of urea groups is 1. The zero-order chi connectivity index (χ0) is 21.3. The van der Waals surface area contributed by atoms with Crippen LogP contribution in [-0.2, 0) is 14.3 Å². The third-order valence-corrected chi connectivity index (χ3v) is 5.00. The summed E-state index contributed by atoms with van der Waals surface area (Å²) in [5, 5.41) is 2.17. The number of barbiturate groups is 1. The fraction of sp³-hybridized carbons (Fsp3) is 0.227. The second-order valence-corrected chi connectivity index (χ2v) is 7.11. The molecule has 2 fully saturated rings. The summed E-state index contributed by atoms with van der Waals surface area (Å²) < 4.78 is 20.0. The molecule has 7 nitrogen and oxygen atoms in total. The van der Waals surface area contributed by atoms with E-state index in [1.807, 2.05) is 17.9 Å². The minimum absolute atomic E-state index is 0.241. The number of aryl methyl sites for hydroxylation is 1. The van der Waals surface area contributed by atoms with Crippen LogP contribution in [0.1, 0.15) is 11.1 Å². The molecule has 0 aliphatic carbocycles. The lowest BCUT2D eigenvalue weighted by atomic mass is 10.1. The molecule has 2 aliphatic heterocycles. The molecule has 0 aromatic heterocycles. The number of benzene rings is 2. The molecule has 0 radical (unpaired) electrons. The van der Waals surface area contributed by atoms with Crippen molar-refractivity contribution in [1.82, 2.24) is 5.32 Å². The van der Waals surface area contributed by atoms with Gasteiger partial charge in [0.25, 0.3) is 11.8 Å². The summed E-state index contributed by atoms with van der Waals surface area (Å²) >= 11 is 0. The first-order valence-electron chi connectivity index (χ1n) is 9.54. The van der Waals surface area contributed by atoms with Gasteiger partial charge in [0.2, 0.25) is 0 Å². The summed E-state index contributed by atoms with van der Waals surface area (Å²) in [5.74, 6) is -2.03. The van der Waals surface area contributed by atoms with Crippen LogP contribution in [0.15, 0.2) is 48.0 Å². The fourth-order valence-electron chi connectivity index (χ4n) is 3.50. The first-order chi connectivity index (χ1) is 14.4. The van der Waals surface area contributed by atoms with Crippen molar-refractivity contribution in [3.8, 4) is 0 Å². The van der Waals surface area contributed by atoms with Crippen molar-refractivity contribution in [3.63, 3.8) is 0 Å². The smallest absolute Gasteiger partial charge is 0.335 e. The number of halogens is 1. The molecule has 0 atom stereocenters. The van der Waals surface area contributed by atoms with E-state index >= 15 is 0 Å². The molecule has 0 spiro atoms. The Hall–Kier alpha value is -3.52. The molecule has 0 unspecified atom stereocenters. The van der Waals surface area contributed by atoms with E-state index in [0.29, 0.717) is 43.2 Å². The van der Waals surface area contributed by atoms with Crippen LogP contribution in [0.2, 0.25) is 0 Å². The van der Waals surface area contributed by atoms with E-state index in [0.717, 1.165) is 10.5 Å². The van der Waals surface area contributed by atoms with E-state index in [2.05, 4.69) is 5.32 Å². The van der Waals surface area contributed by atoms with Gasteiger partial charge in [0.1, 0.15) is 11.4 Å². The normalized spacial score (nSPS) is 18.7. The van der Waals surface area contributed by atoms with Crippen molar-refractivity contribution < 1.29 is 23.5 Å². The molecule has 2 aromatic rings. The van der Waals surface area contributed by atoms with Crippen molar-refractivity contribution in [2.45, 2.75) is 6.92 Å². The van der Waals surface area contributed by atoms with Crippen molar-refractivity contribution in [2.75, 3.05) is 36.1 Å². The standard InChI is InChI=1S/C22H20FN3O4/c1-14-3-2-4-16(11-14)26-21(28)17(20(27)24-22(26)29)12-15-5-6-19(18(23)13-15)25-7-9-30-10-8-25/h2-6,11-13H,7-10H2,1H3,(H,24,27,29)/b17-12+. The Labute approximate surface area is 172 Å². The number of imide groups is 2. The van der Waals surface area contributed by atoms with Crippen molar-refractivity contribution in [3.05, 3.63) is 65.0 Å². The lowest BCUT2D eigenvalue weighted by molar-refractivity contribution is -0.122. The average molecular weight is 409 g/mol. The molecule has 2 aromatic carbocycles. The maximum Gasteiger partial charge on any atom is 0.335 e. The molecule has 0 saturated carbocycles. The predicted octanol–water partition coefficient (Wildman–Crippen LogP) is 2.64. The second kappa shape index (κ2) is 8.08. The number of anilines is 2. The first kappa shape index (κ1) is 19.8. The van der Waals surface area contributed by atoms with Crippen LogP contribution >= 0.6 is 0 Å². The summed E-state index contributed by atoms with van der Waals surface area (Å²) in [4.78, 5) is 40.3. The number of rotatable bonds is 3. The van der Waals surface area contributed by atoms with Crippen molar-refractivity contribution >= 4 is 35.3 Å². The molecule has 4 amide bonds. The molecular weight excluding hydrogens is 389 g/mol. The van der Waals surface area contributed by atoms with Gasteiger partial charge in [-0.15, -0.1) is 0 Å². The molecule has 2 saturated heterocycles. The molecule has 2 aliphatic rings. The molecule has 30 heavy (non-hydrogen) atoms. The summed E-state index contributed by atoms with van der Waals surface area (Å²) in [6.45, 7) is 4.07. The number of morpholine rings is 1. The van der Waals surface area contributed by atoms with Crippen LogP contribution in [-0.4, -0.2) is 44.1 Å². The highest BCUT2D eigenvalue weighted by Crippen LogP contribution is 2.25. The van der Waals surface area contributed by atoms with Gasteiger partial charge in [-0.05, 0) is 48.4 Å². The minimum Gasteiger partial charge on any atom is -0.378 e. The largest absolute Gasteiger partial charge is 0.378 e. The number of nitrogens with zero attached hydrogens (tertiary/aromatic N) is 2. The SMILES string of the molecule is Cc1cccc(N2C(=O)NC(=O)/C(=C\c3ccc(N4CCOCC4)c(F)c3)C2=O)c1. The minimum atomic E-state index is -0.818. The van der Waals surface area contributed by atoms with E-state index < -0.39 is 23.7 Å². The summed E-state index contributed by atoms with van der Waals surface area (Å²) in [7, 11) is 0. The number of hydrogen-bond acceptors (Lipinski definition) is 5. The first-order valence-corrected chi connectivity index (χ1v) is 9.54.